The first-order chi connectivity index (χ1) is 12.2. The van der Waals surface area contributed by atoms with Crippen molar-refractivity contribution in [2.24, 2.45) is 0 Å². The highest BCUT2D eigenvalue weighted by atomic mass is 16.5. The van der Waals surface area contributed by atoms with Gasteiger partial charge in [0, 0.05) is 0 Å². The van der Waals surface area contributed by atoms with E-state index in [1.165, 1.54) is 17.5 Å². The van der Waals surface area contributed by atoms with Crippen LogP contribution in [0.1, 0.15) is 23.1 Å². The molecule has 1 aromatic heterocycles. The Morgan fingerprint density at radius 1 is 1.12 bits per heavy atom. The van der Waals surface area contributed by atoms with Crippen LogP contribution in [0.5, 0.6) is 0 Å². The van der Waals surface area contributed by atoms with E-state index in [4.69, 9.17) is 4.74 Å². The van der Waals surface area contributed by atoms with Crippen LogP contribution in [0.15, 0.2) is 47.3 Å². The van der Waals surface area contributed by atoms with Crippen LogP contribution >= 0.6 is 0 Å². The third kappa shape index (κ3) is 3.15. The minimum Gasteiger partial charge on any atom is -0.442 e. The molecule has 126 valence electrons. The summed E-state index contributed by atoms with van der Waals surface area (Å²) in [4.78, 5) is 24.4. The van der Waals surface area contributed by atoms with Gasteiger partial charge in [0.05, 0.1) is 11.8 Å². The number of ether oxygens (including phenoxy) is 1. The molecule has 25 heavy (non-hydrogen) atoms. The zero-order valence-electron chi connectivity index (χ0n) is 13.6. The Balaban J connectivity index is 1.44. The van der Waals surface area contributed by atoms with E-state index in [1.807, 2.05) is 6.07 Å². The summed E-state index contributed by atoms with van der Waals surface area (Å²) in [6.07, 6.45) is 3.54. The standard InChI is InChI=1S/C19H17N3O3/c23-18(11-13-8-9-14-4-3-5-15(14)10-13)25-12-22-19(24)16-6-1-2-7-17(16)20-21-22/h1-2,6-10H,3-5,11-12H2. The number of benzene rings is 2. The zero-order valence-corrected chi connectivity index (χ0v) is 13.6. The lowest BCUT2D eigenvalue weighted by atomic mass is 10.0. The van der Waals surface area contributed by atoms with Crippen molar-refractivity contribution in [1.82, 2.24) is 15.0 Å². The Labute approximate surface area is 144 Å². The first-order valence-electron chi connectivity index (χ1n) is 8.29. The summed E-state index contributed by atoms with van der Waals surface area (Å²) in [5.41, 5.74) is 3.82. The molecular formula is C19H17N3O3. The van der Waals surface area contributed by atoms with Gasteiger partial charge in [0.25, 0.3) is 5.56 Å². The van der Waals surface area contributed by atoms with Crippen LogP contribution in [0, 0.1) is 0 Å². The molecule has 0 radical (unpaired) electrons. The van der Waals surface area contributed by atoms with Gasteiger partial charge in [-0.25, -0.2) is 0 Å². The minimum atomic E-state index is -0.389. The van der Waals surface area contributed by atoms with Gasteiger partial charge >= 0.3 is 5.97 Å². The maximum Gasteiger partial charge on any atom is 0.312 e. The van der Waals surface area contributed by atoms with Crippen molar-refractivity contribution in [2.45, 2.75) is 32.4 Å². The predicted octanol–water partition coefficient (Wildman–Crippen LogP) is 2.02. The Kier molecular flexibility index (Phi) is 4.01. The van der Waals surface area contributed by atoms with Crippen molar-refractivity contribution >= 4 is 16.9 Å². The lowest BCUT2D eigenvalue weighted by Gasteiger charge is -2.08. The normalized spacial score (nSPS) is 13.0. The van der Waals surface area contributed by atoms with Crippen LogP contribution in [0.2, 0.25) is 0 Å². The van der Waals surface area contributed by atoms with Gasteiger partial charge in [0.1, 0.15) is 5.52 Å². The topological polar surface area (TPSA) is 74.1 Å². The largest absolute Gasteiger partial charge is 0.442 e. The summed E-state index contributed by atoms with van der Waals surface area (Å²) in [7, 11) is 0. The van der Waals surface area contributed by atoms with E-state index in [2.05, 4.69) is 22.4 Å². The number of carbonyl (C=O) groups excluding carboxylic acids is 1. The molecule has 0 saturated heterocycles. The highest BCUT2D eigenvalue weighted by molar-refractivity contribution is 5.76. The van der Waals surface area contributed by atoms with Crippen LogP contribution in [0.4, 0.5) is 0 Å². The van der Waals surface area contributed by atoms with Gasteiger partial charge in [-0.05, 0) is 48.1 Å². The quantitative estimate of drug-likeness (QED) is 0.682. The SMILES string of the molecule is O=C(Cc1ccc2c(c1)CCC2)OCn1nnc2ccccc2c1=O. The number of aromatic nitrogens is 3. The second-order valence-electron chi connectivity index (χ2n) is 6.19. The molecule has 2 aromatic carbocycles. The average Bonchev–Trinajstić information content (AvgIpc) is 3.09. The smallest absolute Gasteiger partial charge is 0.312 e. The van der Waals surface area contributed by atoms with E-state index in [-0.39, 0.29) is 24.7 Å². The summed E-state index contributed by atoms with van der Waals surface area (Å²) in [6.45, 7) is -0.236. The molecule has 1 aliphatic carbocycles. The fourth-order valence-corrected chi connectivity index (χ4v) is 3.19. The lowest BCUT2D eigenvalue weighted by Crippen LogP contribution is -2.26. The molecule has 0 amide bonds. The molecule has 0 saturated carbocycles. The lowest BCUT2D eigenvalue weighted by molar-refractivity contribution is -0.147. The number of nitrogens with zero attached hydrogens (tertiary/aromatic N) is 3. The van der Waals surface area contributed by atoms with E-state index in [1.54, 1.807) is 24.3 Å². The molecule has 0 spiro atoms. The summed E-state index contributed by atoms with van der Waals surface area (Å²) in [5, 5.41) is 8.23. The summed E-state index contributed by atoms with van der Waals surface area (Å²) in [6, 6.07) is 13.1. The third-order valence-corrected chi connectivity index (χ3v) is 4.49. The molecule has 1 aliphatic rings. The molecule has 1 heterocycles. The maximum atomic E-state index is 12.3. The highest BCUT2D eigenvalue weighted by Gasteiger charge is 2.13. The fourth-order valence-electron chi connectivity index (χ4n) is 3.19. The van der Waals surface area contributed by atoms with Gasteiger partial charge in [0.2, 0.25) is 0 Å². The first kappa shape index (κ1) is 15.5. The van der Waals surface area contributed by atoms with Crippen molar-refractivity contribution < 1.29 is 9.53 Å². The Bertz CT molecular complexity index is 1010. The van der Waals surface area contributed by atoms with Gasteiger partial charge in [-0.3, -0.25) is 9.59 Å². The fraction of sp³-hybridized carbons (Fsp3) is 0.263. The van der Waals surface area contributed by atoms with E-state index >= 15 is 0 Å². The monoisotopic (exact) mass is 335 g/mol. The van der Waals surface area contributed by atoms with Crippen molar-refractivity contribution in [3.8, 4) is 0 Å². The van der Waals surface area contributed by atoms with Gasteiger partial charge in [0.15, 0.2) is 6.73 Å². The van der Waals surface area contributed by atoms with Crippen LogP contribution in [-0.4, -0.2) is 21.0 Å². The minimum absolute atomic E-state index is 0.184. The number of rotatable bonds is 4. The summed E-state index contributed by atoms with van der Waals surface area (Å²) < 4.78 is 6.26. The molecule has 0 N–H and O–H groups in total. The summed E-state index contributed by atoms with van der Waals surface area (Å²) in [5.74, 6) is -0.389. The molecule has 0 bridgehead atoms. The van der Waals surface area contributed by atoms with E-state index in [0.717, 1.165) is 23.1 Å². The van der Waals surface area contributed by atoms with Gasteiger partial charge in [-0.1, -0.05) is 35.5 Å². The molecule has 6 heteroatoms. The molecule has 0 atom stereocenters. The van der Waals surface area contributed by atoms with Crippen LogP contribution in [0.25, 0.3) is 10.9 Å². The van der Waals surface area contributed by atoms with Crippen LogP contribution in [0.3, 0.4) is 0 Å². The van der Waals surface area contributed by atoms with Gasteiger partial charge < -0.3 is 4.74 Å². The number of aryl methyl sites for hydroxylation is 2. The van der Waals surface area contributed by atoms with Gasteiger partial charge in [-0.15, -0.1) is 5.10 Å². The zero-order chi connectivity index (χ0) is 17.2. The van der Waals surface area contributed by atoms with Crippen molar-refractivity contribution in [1.29, 1.82) is 0 Å². The van der Waals surface area contributed by atoms with Gasteiger partial charge in [-0.2, -0.15) is 4.68 Å². The van der Waals surface area contributed by atoms with Crippen LogP contribution < -0.4 is 5.56 Å². The molecule has 4 rings (SSSR count). The second-order valence-corrected chi connectivity index (χ2v) is 6.19. The Hall–Kier alpha value is -3.02. The molecular weight excluding hydrogens is 318 g/mol. The Morgan fingerprint density at radius 2 is 1.96 bits per heavy atom. The number of hydrogen-bond donors (Lipinski definition) is 0. The number of hydrogen-bond acceptors (Lipinski definition) is 5. The number of carbonyl (C=O) groups is 1. The average molecular weight is 335 g/mol. The molecule has 0 unspecified atom stereocenters. The van der Waals surface area contributed by atoms with E-state index < -0.39 is 0 Å². The predicted molar refractivity (Wildman–Crippen MR) is 92.1 cm³/mol. The molecule has 0 fully saturated rings. The number of fused-ring (bicyclic) bond motifs is 2. The molecule has 3 aromatic rings. The second kappa shape index (κ2) is 6.47. The van der Waals surface area contributed by atoms with E-state index in [9.17, 15) is 9.59 Å². The number of esters is 1. The first-order valence-corrected chi connectivity index (χ1v) is 8.29. The maximum absolute atomic E-state index is 12.3. The Morgan fingerprint density at radius 3 is 2.88 bits per heavy atom. The van der Waals surface area contributed by atoms with Crippen molar-refractivity contribution in [3.63, 3.8) is 0 Å². The van der Waals surface area contributed by atoms with Crippen LogP contribution in [-0.2, 0) is 35.5 Å². The highest BCUT2D eigenvalue weighted by Crippen LogP contribution is 2.23. The van der Waals surface area contributed by atoms with Crippen molar-refractivity contribution in [3.05, 3.63) is 69.5 Å². The molecule has 6 nitrogen and oxygen atoms in total. The van der Waals surface area contributed by atoms with Crippen molar-refractivity contribution in [2.75, 3.05) is 0 Å². The van der Waals surface area contributed by atoms with E-state index in [0.29, 0.717) is 10.9 Å². The summed E-state index contributed by atoms with van der Waals surface area (Å²) >= 11 is 0. The third-order valence-electron chi connectivity index (χ3n) is 4.49. The molecule has 0 aliphatic heterocycles.